The van der Waals surface area contributed by atoms with Crippen molar-refractivity contribution in [3.05, 3.63) is 63.5 Å². The van der Waals surface area contributed by atoms with Crippen LogP contribution in [-0.4, -0.2) is 30.3 Å². The molecule has 3 aromatic rings. The van der Waals surface area contributed by atoms with Gasteiger partial charge >= 0.3 is 5.69 Å². The summed E-state index contributed by atoms with van der Waals surface area (Å²) in [5, 5.41) is 17.6. The summed E-state index contributed by atoms with van der Waals surface area (Å²) in [5.74, 6) is 0.940. The summed E-state index contributed by atoms with van der Waals surface area (Å²) in [6.45, 7) is 0. The van der Waals surface area contributed by atoms with E-state index in [1.165, 1.54) is 36.8 Å². The molecule has 0 radical (unpaired) electrons. The first-order valence-electron chi connectivity index (χ1n) is 7.83. The van der Waals surface area contributed by atoms with Gasteiger partial charge in [0.15, 0.2) is 5.75 Å². The van der Waals surface area contributed by atoms with Gasteiger partial charge in [-0.05, 0) is 24.3 Å². The van der Waals surface area contributed by atoms with Gasteiger partial charge in [-0.25, -0.2) is 4.98 Å². The maximum absolute atomic E-state index is 11.1. The minimum absolute atomic E-state index is 0.117. The Balaban J connectivity index is 1.73. The zero-order valence-corrected chi connectivity index (χ0v) is 15.4. The Kier molecular flexibility index (Phi) is 5.62. The number of nitrogens with one attached hydrogen (secondary N) is 1. The third-order valence-corrected chi connectivity index (χ3v) is 4.41. The lowest BCUT2D eigenvalue weighted by molar-refractivity contribution is -0.385. The van der Waals surface area contributed by atoms with Crippen LogP contribution in [0.5, 0.6) is 11.5 Å². The molecule has 0 aliphatic heterocycles. The fraction of sp³-hybridized carbons (Fsp3) is 0.111. The molecule has 0 spiro atoms. The Bertz CT molecular complexity index is 987. The number of ether oxygens (including phenoxy) is 2. The van der Waals surface area contributed by atoms with E-state index in [0.717, 1.165) is 17.0 Å². The highest BCUT2D eigenvalue weighted by Gasteiger charge is 2.14. The average molecular weight is 384 g/mol. The zero-order chi connectivity index (χ0) is 19.2. The number of hydrogen-bond donors (Lipinski definition) is 1. The Labute approximate surface area is 159 Å². The largest absolute Gasteiger partial charge is 0.496 e. The monoisotopic (exact) mass is 384 g/mol. The molecule has 1 heterocycles. The summed E-state index contributed by atoms with van der Waals surface area (Å²) in [5.41, 5.74) is 4.94. The molecular formula is C18H16N4O4S. The van der Waals surface area contributed by atoms with Crippen molar-refractivity contribution in [3.63, 3.8) is 0 Å². The Morgan fingerprint density at radius 3 is 2.70 bits per heavy atom. The molecule has 0 saturated carbocycles. The van der Waals surface area contributed by atoms with Crippen molar-refractivity contribution >= 4 is 28.4 Å². The van der Waals surface area contributed by atoms with E-state index in [2.05, 4.69) is 15.5 Å². The summed E-state index contributed by atoms with van der Waals surface area (Å²) in [6, 6.07) is 12.2. The number of benzene rings is 2. The minimum Gasteiger partial charge on any atom is -0.496 e. The summed E-state index contributed by atoms with van der Waals surface area (Å²) in [6.07, 6.45) is 1.48. The van der Waals surface area contributed by atoms with E-state index in [1.807, 2.05) is 29.6 Å². The van der Waals surface area contributed by atoms with Gasteiger partial charge in [0.25, 0.3) is 0 Å². The van der Waals surface area contributed by atoms with Crippen LogP contribution in [0, 0.1) is 10.1 Å². The second-order valence-corrected chi connectivity index (χ2v) is 6.15. The number of nitro benzene ring substituents is 1. The van der Waals surface area contributed by atoms with Crippen LogP contribution in [-0.2, 0) is 0 Å². The standard InChI is InChI=1S/C18H16N4O4S/c1-25-16-6-4-3-5-13(16)14-11-27-18(20-14)21-19-10-12-7-8-17(26-2)15(9-12)22(23)24/h3-11H,1-2H3,(H,20,21)/b19-10-. The fourth-order valence-electron chi connectivity index (χ4n) is 2.40. The predicted molar refractivity (Wildman–Crippen MR) is 105 cm³/mol. The molecule has 0 saturated heterocycles. The number of nitrogens with zero attached hydrogens (tertiary/aromatic N) is 3. The van der Waals surface area contributed by atoms with Crippen molar-refractivity contribution in [2.24, 2.45) is 5.10 Å². The first kappa shape index (κ1) is 18.3. The molecule has 0 amide bonds. The third kappa shape index (κ3) is 4.21. The molecule has 9 heteroatoms. The third-order valence-electron chi connectivity index (χ3n) is 3.66. The Morgan fingerprint density at radius 1 is 1.19 bits per heavy atom. The van der Waals surface area contributed by atoms with Crippen LogP contribution in [0.25, 0.3) is 11.3 Å². The van der Waals surface area contributed by atoms with Crippen molar-refractivity contribution < 1.29 is 14.4 Å². The van der Waals surface area contributed by atoms with Crippen LogP contribution in [0.4, 0.5) is 10.8 Å². The van der Waals surface area contributed by atoms with E-state index in [-0.39, 0.29) is 11.4 Å². The summed E-state index contributed by atoms with van der Waals surface area (Å²) >= 11 is 1.39. The molecule has 8 nitrogen and oxygen atoms in total. The van der Waals surface area contributed by atoms with Crippen molar-refractivity contribution in [1.29, 1.82) is 0 Å². The van der Waals surface area contributed by atoms with Gasteiger partial charge in [0.05, 0.1) is 31.1 Å². The molecular weight excluding hydrogens is 368 g/mol. The Hall–Kier alpha value is -3.46. The number of nitro groups is 1. The number of thiazole rings is 1. The number of rotatable bonds is 7. The van der Waals surface area contributed by atoms with Crippen LogP contribution in [0.15, 0.2) is 52.9 Å². The highest BCUT2D eigenvalue weighted by molar-refractivity contribution is 7.14. The van der Waals surface area contributed by atoms with E-state index in [4.69, 9.17) is 9.47 Å². The summed E-state index contributed by atoms with van der Waals surface area (Å²) in [7, 11) is 3.00. The van der Waals surface area contributed by atoms with E-state index in [0.29, 0.717) is 10.7 Å². The maximum atomic E-state index is 11.1. The topological polar surface area (TPSA) is 98.9 Å². The lowest BCUT2D eigenvalue weighted by atomic mass is 10.1. The van der Waals surface area contributed by atoms with Crippen molar-refractivity contribution in [2.75, 3.05) is 19.6 Å². The molecule has 0 atom stereocenters. The summed E-state index contributed by atoms with van der Waals surface area (Å²) < 4.78 is 10.3. The van der Waals surface area contributed by atoms with E-state index >= 15 is 0 Å². The predicted octanol–water partition coefficient (Wildman–Crippen LogP) is 4.18. The summed E-state index contributed by atoms with van der Waals surface area (Å²) in [4.78, 5) is 15.0. The molecule has 1 aromatic heterocycles. The lowest BCUT2D eigenvalue weighted by Crippen LogP contribution is -1.96. The van der Waals surface area contributed by atoms with Crippen LogP contribution >= 0.6 is 11.3 Å². The van der Waals surface area contributed by atoms with E-state index in [1.54, 1.807) is 13.2 Å². The van der Waals surface area contributed by atoms with Crippen LogP contribution < -0.4 is 14.9 Å². The van der Waals surface area contributed by atoms with Gasteiger partial charge in [-0.1, -0.05) is 12.1 Å². The molecule has 0 aliphatic rings. The van der Waals surface area contributed by atoms with Gasteiger partial charge in [-0.2, -0.15) is 5.10 Å². The van der Waals surface area contributed by atoms with Crippen LogP contribution in [0.3, 0.4) is 0 Å². The number of methoxy groups -OCH3 is 2. The molecule has 138 valence electrons. The fourth-order valence-corrected chi connectivity index (χ4v) is 3.06. The smallest absolute Gasteiger partial charge is 0.311 e. The molecule has 3 rings (SSSR count). The molecule has 27 heavy (non-hydrogen) atoms. The number of para-hydroxylation sites is 1. The average Bonchev–Trinajstić information content (AvgIpc) is 3.16. The van der Waals surface area contributed by atoms with Crippen molar-refractivity contribution in [3.8, 4) is 22.8 Å². The van der Waals surface area contributed by atoms with Crippen molar-refractivity contribution in [2.45, 2.75) is 0 Å². The van der Waals surface area contributed by atoms with Crippen LogP contribution in [0.1, 0.15) is 5.56 Å². The highest BCUT2D eigenvalue weighted by atomic mass is 32.1. The quantitative estimate of drug-likeness (QED) is 0.373. The van der Waals surface area contributed by atoms with Gasteiger partial charge in [0, 0.05) is 22.6 Å². The van der Waals surface area contributed by atoms with Gasteiger partial charge in [-0.15, -0.1) is 11.3 Å². The highest BCUT2D eigenvalue weighted by Crippen LogP contribution is 2.32. The first-order valence-corrected chi connectivity index (χ1v) is 8.70. The van der Waals surface area contributed by atoms with Gasteiger partial charge < -0.3 is 9.47 Å². The second kappa shape index (κ2) is 8.28. The molecule has 0 aliphatic carbocycles. The molecule has 2 aromatic carbocycles. The first-order chi connectivity index (χ1) is 13.1. The van der Waals surface area contributed by atoms with E-state index < -0.39 is 4.92 Å². The molecule has 0 unspecified atom stereocenters. The van der Waals surface area contributed by atoms with Crippen molar-refractivity contribution in [1.82, 2.24) is 4.98 Å². The molecule has 1 N–H and O–H groups in total. The number of anilines is 1. The van der Waals surface area contributed by atoms with Gasteiger partial charge in [-0.3, -0.25) is 15.5 Å². The zero-order valence-electron chi connectivity index (χ0n) is 14.6. The normalized spacial score (nSPS) is 10.7. The Morgan fingerprint density at radius 2 is 1.96 bits per heavy atom. The number of hydrazone groups is 1. The second-order valence-electron chi connectivity index (χ2n) is 5.30. The number of aromatic nitrogens is 1. The molecule has 0 bridgehead atoms. The maximum Gasteiger partial charge on any atom is 0.311 e. The van der Waals surface area contributed by atoms with E-state index in [9.17, 15) is 10.1 Å². The molecule has 0 fully saturated rings. The minimum atomic E-state index is -0.496. The SMILES string of the molecule is COc1ccccc1-c1csc(N/N=C\c2ccc(OC)c([N+](=O)[O-])c2)n1. The van der Waals surface area contributed by atoms with Gasteiger partial charge in [0.2, 0.25) is 5.13 Å². The lowest BCUT2D eigenvalue weighted by Gasteiger charge is -2.04. The van der Waals surface area contributed by atoms with Gasteiger partial charge in [0.1, 0.15) is 5.75 Å². The van der Waals surface area contributed by atoms with Crippen LogP contribution in [0.2, 0.25) is 0 Å². The number of hydrogen-bond acceptors (Lipinski definition) is 8.